The van der Waals surface area contributed by atoms with E-state index in [-0.39, 0.29) is 23.1 Å². The number of pyridine rings is 1. The van der Waals surface area contributed by atoms with Crippen LogP contribution < -0.4 is 16.1 Å². The first kappa shape index (κ1) is 19.9. The fraction of sp³-hybridized carbons (Fsp3) is 0.409. The molecule has 0 aliphatic heterocycles. The molecular formula is C22H27N3O3. The summed E-state index contributed by atoms with van der Waals surface area (Å²) in [5.74, 6) is -0.864. The van der Waals surface area contributed by atoms with Gasteiger partial charge in [0.2, 0.25) is 5.43 Å². The Labute approximate surface area is 165 Å². The number of hydrogen-bond donors (Lipinski definition) is 2. The minimum atomic E-state index is -0.519. The van der Waals surface area contributed by atoms with Gasteiger partial charge in [-0.25, -0.2) is 0 Å². The molecule has 0 radical (unpaired) electrons. The van der Waals surface area contributed by atoms with E-state index < -0.39 is 11.3 Å². The summed E-state index contributed by atoms with van der Waals surface area (Å²) in [5, 5.41) is 5.43. The first-order valence-corrected chi connectivity index (χ1v) is 9.89. The van der Waals surface area contributed by atoms with Gasteiger partial charge in [-0.3, -0.25) is 14.4 Å². The molecule has 1 aromatic heterocycles. The van der Waals surface area contributed by atoms with Crippen molar-refractivity contribution >= 4 is 11.8 Å². The maximum Gasteiger partial charge on any atom is 0.256 e. The van der Waals surface area contributed by atoms with Crippen molar-refractivity contribution in [2.45, 2.75) is 51.1 Å². The number of hydrogen-bond acceptors (Lipinski definition) is 3. The summed E-state index contributed by atoms with van der Waals surface area (Å²) in [5.41, 5.74) is 0.748. The van der Waals surface area contributed by atoms with Gasteiger partial charge in [0.05, 0.1) is 0 Å². The Hall–Kier alpha value is -2.89. The van der Waals surface area contributed by atoms with Crippen molar-refractivity contribution in [3.8, 4) is 0 Å². The lowest BCUT2D eigenvalue weighted by molar-refractivity contribution is 0.0936. The van der Waals surface area contributed by atoms with E-state index in [0.717, 1.165) is 38.5 Å². The van der Waals surface area contributed by atoms with Crippen LogP contribution in [0.3, 0.4) is 0 Å². The largest absolute Gasteiger partial charge is 0.355 e. The Kier molecular flexibility index (Phi) is 6.63. The number of nitrogens with zero attached hydrogens (tertiary/aromatic N) is 1. The topological polar surface area (TPSA) is 80.2 Å². The molecule has 148 valence electrons. The normalized spacial score (nSPS) is 14.0. The van der Waals surface area contributed by atoms with Crippen LogP contribution in [0.25, 0.3) is 0 Å². The van der Waals surface area contributed by atoms with E-state index in [1.165, 1.54) is 12.6 Å². The molecule has 3 rings (SSSR count). The van der Waals surface area contributed by atoms with Crippen LogP contribution in [-0.4, -0.2) is 29.5 Å². The standard InChI is InChI=1S/C22H27N3O3/c1-23-21(27)18-14-25(13-7-10-16-8-3-2-4-9-16)15-19(20(18)26)22(28)24-17-11-5-6-12-17/h2-4,8-9,14-15,17H,5-7,10-13H2,1H3,(H,23,27)(H,24,28). The predicted molar refractivity (Wildman–Crippen MR) is 109 cm³/mol. The summed E-state index contributed by atoms with van der Waals surface area (Å²) in [6, 6.07) is 10.2. The van der Waals surface area contributed by atoms with Crippen LogP contribution in [-0.2, 0) is 13.0 Å². The van der Waals surface area contributed by atoms with Gasteiger partial charge < -0.3 is 15.2 Å². The van der Waals surface area contributed by atoms with E-state index in [1.807, 2.05) is 18.2 Å². The highest BCUT2D eigenvalue weighted by Crippen LogP contribution is 2.18. The van der Waals surface area contributed by atoms with Gasteiger partial charge in [-0.2, -0.15) is 0 Å². The lowest BCUT2D eigenvalue weighted by Gasteiger charge is -2.14. The van der Waals surface area contributed by atoms with Gasteiger partial charge in [-0.15, -0.1) is 0 Å². The molecule has 1 fully saturated rings. The van der Waals surface area contributed by atoms with Crippen LogP contribution in [0.2, 0.25) is 0 Å². The average Bonchev–Trinajstić information content (AvgIpc) is 3.22. The zero-order chi connectivity index (χ0) is 19.9. The Bertz CT molecular complexity index is 884. The van der Waals surface area contributed by atoms with Crippen LogP contribution >= 0.6 is 0 Å². The van der Waals surface area contributed by atoms with Gasteiger partial charge in [-0.1, -0.05) is 43.2 Å². The number of carbonyl (C=O) groups excluding carboxylic acids is 2. The minimum Gasteiger partial charge on any atom is -0.355 e. The average molecular weight is 381 g/mol. The zero-order valence-corrected chi connectivity index (χ0v) is 16.2. The molecular weight excluding hydrogens is 354 g/mol. The number of aromatic nitrogens is 1. The summed E-state index contributed by atoms with van der Waals surface area (Å²) in [4.78, 5) is 37.5. The first-order valence-electron chi connectivity index (χ1n) is 9.89. The second-order valence-electron chi connectivity index (χ2n) is 7.28. The molecule has 0 bridgehead atoms. The van der Waals surface area contributed by atoms with Gasteiger partial charge in [0.25, 0.3) is 11.8 Å². The van der Waals surface area contributed by atoms with Gasteiger partial charge >= 0.3 is 0 Å². The van der Waals surface area contributed by atoms with Crippen molar-refractivity contribution in [2.75, 3.05) is 7.05 Å². The molecule has 0 atom stereocenters. The summed E-state index contributed by atoms with van der Waals surface area (Å²) < 4.78 is 1.78. The number of carbonyl (C=O) groups is 2. The van der Waals surface area contributed by atoms with E-state index >= 15 is 0 Å². The lowest BCUT2D eigenvalue weighted by Crippen LogP contribution is -2.38. The van der Waals surface area contributed by atoms with Gasteiger partial charge in [-0.05, 0) is 31.2 Å². The molecule has 0 spiro atoms. The third kappa shape index (κ3) is 4.88. The molecule has 2 amide bonds. The molecule has 1 aromatic carbocycles. The van der Waals surface area contributed by atoms with Crippen LogP contribution in [0, 0.1) is 0 Å². The summed E-state index contributed by atoms with van der Waals surface area (Å²) in [6.45, 7) is 0.614. The van der Waals surface area contributed by atoms with Gasteiger partial charge in [0.1, 0.15) is 11.1 Å². The van der Waals surface area contributed by atoms with Crippen LogP contribution in [0.5, 0.6) is 0 Å². The van der Waals surface area contributed by atoms with E-state index in [2.05, 4.69) is 22.8 Å². The van der Waals surface area contributed by atoms with Crippen molar-refractivity contribution in [3.63, 3.8) is 0 Å². The SMILES string of the molecule is CNC(=O)c1cn(CCCc2ccccc2)cc(C(=O)NC2CCCC2)c1=O. The van der Waals surface area contributed by atoms with E-state index in [0.29, 0.717) is 6.54 Å². The predicted octanol–water partition coefficient (Wildman–Crippen LogP) is 2.51. The molecule has 6 heteroatoms. The van der Waals surface area contributed by atoms with E-state index in [9.17, 15) is 14.4 Å². The third-order valence-corrected chi connectivity index (χ3v) is 5.21. The maximum absolute atomic E-state index is 12.7. The molecule has 28 heavy (non-hydrogen) atoms. The molecule has 2 N–H and O–H groups in total. The minimum absolute atomic E-state index is 0.00119. The van der Waals surface area contributed by atoms with Crippen LogP contribution in [0.4, 0.5) is 0 Å². The highest BCUT2D eigenvalue weighted by molar-refractivity contribution is 5.99. The first-order chi connectivity index (χ1) is 13.6. The fourth-order valence-corrected chi connectivity index (χ4v) is 3.66. The highest BCUT2D eigenvalue weighted by Gasteiger charge is 2.22. The van der Waals surface area contributed by atoms with Crippen LogP contribution in [0.15, 0.2) is 47.5 Å². The Morgan fingerprint density at radius 3 is 2.32 bits per heavy atom. The smallest absolute Gasteiger partial charge is 0.256 e. The number of rotatable bonds is 7. The summed E-state index contributed by atoms with van der Waals surface area (Å²) in [7, 11) is 1.48. The zero-order valence-electron chi connectivity index (χ0n) is 16.2. The Morgan fingerprint density at radius 1 is 1.04 bits per heavy atom. The van der Waals surface area contributed by atoms with E-state index in [1.54, 1.807) is 17.0 Å². The molecule has 1 heterocycles. The Morgan fingerprint density at radius 2 is 1.68 bits per heavy atom. The molecule has 1 aliphatic rings. The lowest BCUT2D eigenvalue weighted by atomic mass is 10.1. The monoisotopic (exact) mass is 381 g/mol. The third-order valence-electron chi connectivity index (χ3n) is 5.21. The molecule has 0 unspecified atom stereocenters. The number of benzene rings is 1. The highest BCUT2D eigenvalue weighted by atomic mass is 16.2. The maximum atomic E-state index is 12.7. The van der Waals surface area contributed by atoms with Crippen molar-refractivity contribution in [3.05, 3.63) is 69.6 Å². The second kappa shape index (κ2) is 9.35. The molecule has 2 aromatic rings. The molecule has 6 nitrogen and oxygen atoms in total. The van der Waals surface area contributed by atoms with E-state index in [4.69, 9.17) is 0 Å². The fourth-order valence-electron chi connectivity index (χ4n) is 3.66. The van der Waals surface area contributed by atoms with Crippen molar-refractivity contribution in [1.82, 2.24) is 15.2 Å². The Balaban J connectivity index is 1.79. The van der Waals surface area contributed by atoms with Crippen molar-refractivity contribution in [1.29, 1.82) is 0 Å². The molecule has 1 aliphatic carbocycles. The number of aryl methyl sites for hydroxylation is 2. The van der Waals surface area contributed by atoms with Crippen molar-refractivity contribution in [2.24, 2.45) is 0 Å². The van der Waals surface area contributed by atoms with Gasteiger partial charge in [0, 0.05) is 32.0 Å². The number of nitrogens with one attached hydrogen (secondary N) is 2. The summed E-state index contributed by atoms with van der Waals surface area (Å²) in [6.07, 6.45) is 8.89. The number of amides is 2. The quantitative estimate of drug-likeness (QED) is 0.773. The molecule has 0 saturated heterocycles. The van der Waals surface area contributed by atoms with Gasteiger partial charge in [0.15, 0.2) is 0 Å². The van der Waals surface area contributed by atoms with Crippen molar-refractivity contribution < 1.29 is 9.59 Å². The second-order valence-corrected chi connectivity index (χ2v) is 7.28. The molecule has 1 saturated carbocycles. The summed E-state index contributed by atoms with van der Waals surface area (Å²) >= 11 is 0. The van der Waals surface area contributed by atoms with Crippen LogP contribution in [0.1, 0.15) is 58.4 Å².